The predicted octanol–water partition coefficient (Wildman–Crippen LogP) is 2.68. The highest BCUT2D eigenvalue weighted by Gasteiger charge is 2.03. The summed E-state index contributed by atoms with van der Waals surface area (Å²) in [5.74, 6) is 2.09. The molecule has 0 atom stereocenters. The lowest BCUT2D eigenvalue weighted by atomic mass is 10.2. The molecule has 2 rings (SSSR count). The van der Waals surface area contributed by atoms with Crippen LogP contribution in [-0.2, 0) is 6.61 Å². The van der Waals surface area contributed by atoms with E-state index >= 15 is 0 Å². The fourth-order valence-electron chi connectivity index (χ4n) is 1.54. The van der Waals surface area contributed by atoms with Gasteiger partial charge < -0.3 is 14.2 Å². The topological polar surface area (TPSA) is 40.6 Å². The van der Waals surface area contributed by atoms with Crippen LogP contribution in [0.5, 0.6) is 17.4 Å². The largest absolute Gasteiger partial charge is 0.497 e. The molecule has 0 radical (unpaired) electrons. The summed E-state index contributed by atoms with van der Waals surface area (Å²) < 4.78 is 16.0. The van der Waals surface area contributed by atoms with Gasteiger partial charge in [0.15, 0.2) is 0 Å². The summed E-state index contributed by atoms with van der Waals surface area (Å²) in [7, 11) is 3.25. The number of rotatable bonds is 5. The average Bonchev–Trinajstić information content (AvgIpc) is 2.45. The van der Waals surface area contributed by atoms with Crippen molar-refractivity contribution in [3.05, 3.63) is 48.2 Å². The van der Waals surface area contributed by atoms with Crippen LogP contribution in [0.1, 0.15) is 5.56 Å². The van der Waals surface area contributed by atoms with Crippen LogP contribution in [0.25, 0.3) is 0 Å². The molecule has 0 spiro atoms. The highest BCUT2D eigenvalue weighted by atomic mass is 16.5. The van der Waals surface area contributed by atoms with Gasteiger partial charge in [0.2, 0.25) is 5.88 Å². The van der Waals surface area contributed by atoms with Gasteiger partial charge in [0.1, 0.15) is 18.1 Å². The molecule has 18 heavy (non-hydrogen) atoms. The van der Waals surface area contributed by atoms with Crippen LogP contribution < -0.4 is 14.2 Å². The lowest BCUT2D eigenvalue weighted by molar-refractivity contribution is 0.292. The van der Waals surface area contributed by atoms with Gasteiger partial charge in [0.25, 0.3) is 0 Å². The molecule has 0 N–H and O–H groups in total. The van der Waals surface area contributed by atoms with Crippen molar-refractivity contribution in [2.75, 3.05) is 14.2 Å². The fourth-order valence-corrected chi connectivity index (χ4v) is 1.54. The summed E-state index contributed by atoms with van der Waals surface area (Å²) in [6.07, 6.45) is 1.70. The Balaban J connectivity index is 2.09. The molecule has 94 valence electrons. The van der Waals surface area contributed by atoms with E-state index in [2.05, 4.69) is 4.98 Å². The van der Waals surface area contributed by atoms with E-state index < -0.39 is 0 Å². The molecule has 0 aliphatic heterocycles. The molecular weight excluding hydrogens is 230 g/mol. The minimum atomic E-state index is 0.421. The number of aromatic nitrogens is 1. The minimum Gasteiger partial charge on any atom is -0.497 e. The Morgan fingerprint density at radius 1 is 1.00 bits per heavy atom. The van der Waals surface area contributed by atoms with Gasteiger partial charge in [-0.2, -0.15) is 0 Å². The molecule has 0 amide bonds. The number of ether oxygens (including phenoxy) is 3. The Morgan fingerprint density at radius 3 is 2.28 bits per heavy atom. The third-order valence-corrected chi connectivity index (χ3v) is 2.44. The number of methoxy groups -OCH3 is 2. The number of benzene rings is 1. The maximum Gasteiger partial charge on any atom is 0.213 e. The zero-order valence-electron chi connectivity index (χ0n) is 10.4. The number of nitrogens with zero attached hydrogens (tertiary/aromatic N) is 1. The summed E-state index contributed by atoms with van der Waals surface area (Å²) in [5, 5.41) is 0. The van der Waals surface area contributed by atoms with Gasteiger partial charge >= 0.3 is 0 Å². The Bertz CT molecular complexity index is 477. The molecular formula is C14H15NO3. The minimum absolute atomic E-state index is 0.421. The second-order valence-corrected chi connectivity index (χ2v) is 3.68. The Morgan fingerprint density at radius 2 is 1.72 bits per heavy atom. The Labute approximate surface area is 106 Å². The molecule has 4 heteroatoms. The Kier molecular flexibility index (Phi) is 4.02. The van der Waals surface area contributed by atoms with Crippen LogP contribution in [-0.4, -0.2) is 19.2 Å². The van der Waals surface area contributed by atoms with E-state index in [4.69, 9.17) is 14.2 Å². The maximum absolute atomic E-state index is 5.57. The molecule has 0 fully saturated rings. The van der Waals surface area contributed by atoms with E-state index in [1.165, 1.54) is 0 Å². The monoisotopic (exact) mass is 245 g/mol. The summed E-state index contributed by atoms with van der Waals surface area (Å²) in [6, 6.07) is 11.2. The van der Waals surface area contributed by atoms with Gasteiger partial charge in [0.05, 0.1) is 14.2 Å². The number of hydrogen-bond acceptors (Lipinski definition) is 4. The molecule has 0 saturated carbocycles. The van der Waals surface area contributed by atoms with Gasteiger partial charge in [0, 0.05) is 18.3 Å². The highest BCUT2D eigenvalue weighted by Crippen LogP contribution is 2.23. The molecule has 0 bridgehead atoms. The third kappa shape index (κ3) is 3.13. The van der Waals surface area contributed by atoms with E-state index in [1.807, 2.05) is 36.4 Å². The van der Waals surface area contributed by atoms with Crippen LogP contribution in [0.4, 0.5) is 0 Å². The third-order valence-electron chi connectivity index (χ3n) is 2.44. The molecule has 2 aromatic rings. The molecule has 0 aliphatic carbocycles. The van der Waals surface area contributed by atoms with Gasteiger partial charge in [-0.25, -0.2) is 4.98 Å². The normalized spacial score (nSPS) is 9.89. The smallest absolute Gasteiger partial charge is 0.213 e. The molecule has 0 unspecified atom stereocenters. The Hall–Kier alpha value is -2.23. The van der Waals surface area contributed by atoms with E-state index in [1.54, 1.807) is 20.4 Å². The predicted molar refractivity (Wildman–Crippen MR) is 68.1 cm³/mol. The zero-order valence-corrected chi connectivity index (χ0v) is 10.4. The molecule has 0 saturated heterocycles. The molecule has 0 aliphatic rings. The highest BCUT2D eigenvalue weighted by molar-refractivity contribution is 5.38. The van der Waals surface area contributed by atoms with Crippen molar-refractivity contribution in [3.63, 3.8) is 0 Å². The lowest BCUT2D eigenvalue weighted by Crippen LogP contribution is -1.98. The quantitative estimate of drug-likeness (QED) is 0.812. The van der Waals surface area contributed by atoms with Gasteiger partial charge in [-0.05, 0) is 23.8 Å². The fraction of sp³-hybridized carbons (Fsp3) is 0.214. The van der Waals surface area contributed by atoms with Gasteiger partial charge in [-0.1, -0.05) is 6.07 Å². The number of pyridine rings is 1. The van der Waals surface area contributed by atoms with Crippen LogP contribution in [0.2, 0.25) is 0 Å². The summed E-state index contributed by atoms with van der Waals surface area (Å²) in [4.78, 5) is 4.09. The molecule has 1 aromatic heterocycles. The van der Waals surface area contributed by atoms with Crippen LogP contribution in [0.3, 0.4) is 0 Å². The van der Waals surface area contributed by atoms with Crippen molar-refractivity contribution < 1.29 is 14.2 Å². The van der Waals surface area contributed by atoms with Gasteiger partial charge in [-0.3, -0.25) is 0 Å². The molecule has 1 aromatic carbocycles. The SMILES string of the molecule is COc1cc(COc2ccccn2)cc(OC)c1. The van der Waals surface area contributed by atoms with Crippen molar-refractivity contribution in [1.82, 2.24) is 4.98 Å². The summed E-state index contributed by atoms with van der Waals surface area (Å²) in [5.41, 5.74) is 0.969. The second kappa shape index (κ2) is 5.91. The first-order valence-corrected chi connectivity index (χ1v) is 5.57. The second-order valence-electron chi connectivity index (χ2n) is 3.68. The van der Waals surface area contributed by atoms with Crippen molar-refractivity contribution in [2.45, 2.75) is 6.61 Å². The van der Waals surface area contributed by atoms with Crippen molar-refractivity contribution in [3.8, 4) is 17.4 Å². The van der Waals surface area contributed by atoms with Crippen molar-refractivity contribution in [2.24, 2.45) is 0 Å². The van der Waals surface area contributed by atoms with Crippen molar-refractivity contribution in [1.29, 1.82) is 0 Å². The molecule has 4 nitrogen and oxygen atoms in total. The van der Waals surface area contributed by atoms with Gasteiger partial charge in [-0.15, -0.1) is 0 Å². The van der Waals surface area contributed by atoms with Crippen LogP contribution >= 0.6 is 0 Å². The maximum atomic E-state index is 5.57. The average molecular weight is 245 g/mol. The first kappa shape index (κ1) is 12.2. The van der Waals surface area contributed by atoms with E-state index in [-0.39, 0.29) is 0 Å². The van der Waals surface area contributed by atoms with E-state index in [9.17, 15) is 0 Å². The summed E-state index contributed by atoms with van der Waals surface area (Å²) >= 11 is 0. The lowest BCUT2D eigenvalue weighted by Gasteiger charge is -2.09. The first-order chi connectivity index (χ1) is 8.81. The molecule has 1 heterocycles. The standard InChI is InChI=1S/C14H15NO3/c1-16-12-7-11(8-13(9-12)17-2)10-18-14-5-3-4-6-15-14/h3-9H,10H2,1-2H3. The van der Waals surface area contributed by atoms with Crippen LogP contribution in [0, 0.1) is 0 Å². The number of hydrogen-bond donors (Lipinski definition) is 0. The van der Waals surface area contributed by atoms with E-state index in [0.717, 1.165) is 17.1 Å². The van der Waals surface area contributed by atoms with Crippen molar-refractivity contribution >= 4 is 0 Å². The van der Waals surface area contributed by atoms with E-state index in [0.29, 0.717) is 12.5 Å². The van der Waals surface area contributed by atoms with Crippen LogP contribution in [0.15, 0.2) is 42.6 Å². The first-order valence-electron chi connectivity index (χ1n) is 5.57. The zero-order chi connectivity index (χ0) is 12.8. The summed E-state index contributed by atoms with van der Waals surface area (Å²) in [6.45, 7) is 0.421.